The highest BCUT2D eigenvalue weighted by Crippen LogP contribution is 2.37. The van der Waals surface area contributed by atoms with Crippen LogP contribution in [0.4, 0.5) is 13.2 Å². The van der Waals surface area contributed by atoms with Crippen molar-refractivity contribution < 1.29 is 13.2 Å². The molecule has 1 saturated carbocycles. The molecule has 0 spiro atoms. The van der Waals surface area contributed by atoms with Crippen LogP contribution in [0.15, 0.2) is 11.4 Å². The van der Waals surface area contributed by atoms with Crippen molar-refractivity contribution in [3.8, 4) is 0 Å². The minimum absolute atomic E-state index is 0.0359. The van der Waals surface area contributed by atoms with Gasteiger partial charge in [-0.2, -0.15) is 13.2 Å². The highest BCUT2D eigenvalue weighted by Gasteiger charge is 2.41. The minimum atomic E-state index is -4.05. The fourth-order valence-corrected chi connectivity index (χ4v) is 3.39. The van der Waals surface area contributed by atoms with Crippen molar-refractivity contribution in [2.75, 3.05) is 0 Å². The molecule has 18 heavy (non-hydrogen) atoms. The van der Waals surface area contributed by atoms with Crippen LogP contribution in [0, 0.1) is 5.92 Å². The molecule has 0 aromatic carbocycles. The van der Waals surface area contributed by atoms with Gasteiger partial charge in [0.2, 0.25) is 0 Å². The summed E-state index contributed by atoms with van der Waals surface area (Å²) in [6.45, 7) is 0.604. The molecule has 1 fully saturated rings. The van der Waals surface area contributed by atoms with Gasteiger partial charge in [-0.1, -0.05) is 18.0 Å². The fraction of sp³-hybridized carbons (Fsp3) is 0.667. The largest absolute Gasteiger partial charge is 0.391 e. The Morgan fingerprint density at radius 2 is 2.17 bits per heavy atom. The molecule has 2 rings (SSSR count). The lowest BCUT2D eigenvalue weighted by atomic mass is 9.85. The fourth-order valence-electron chi connectivity index (χ4n) is 2.36. The Bertz CT molecular complexity index is 391. The van der Waals surface area contributed by atoms with E-state index in [1.807, 2.05) is 11.4 Å². The Morgan fingerprint density at radius 3 is 2.78 bits per heavy atom. The summed E-state index contributed by atoms with van der Waals surface area (Å²) in [6, 6.07) is 1.81. The van der Waals surface area contributed by atoms with Crippen molar-refractivity contribution >= 4 is 22.9 Å². The first-order valence-corrected chi connectivity index (χ1v) is 7.24. The summed E-state index contributed by atoms with van der Waals surface area (Å²) < 4.78 is 37.9. The van der Waals surface area contributed by atoms with Gasteiger partial charge in [-0.05, 0) is 25.3 Å². The molecule has 0 bridgehead atoms. The summed E-state index contributed by atoms with van der Waals surface area (Å²) >= 11 is 7.33. The third-order valence-electron chi connectivity index (χ3n) is 3.32. The molecule has 2 unspecified atom stereocenters. The van der Waals surface area contributed by atoms with Gasteiger partial charge in [0.1, 0.15) is 0 Å². The molecular weight excluding hydrogens is 283 g/mol. The summed E-state index contributed by atoms with van der Waals surface area (Å²) in [5.74, 6) is -1.14. The van der Waals surface area contributed by atoms with Crippen LogP contribution in [0.1, 0.15) is 30.6 Å². The standard InChI is InChI=1S/C12H15ClF3NS/c13-9-5-11(18-7-9)6-17-10-3-1-2-8(4-10)12(14,15)16/h5,7-8,10,17H,1-4,6H2. The van der Waals surface area contributed by atoms with E-state index in [0.29, 0.717) is 18.0 Å². The first-order chi connectivity index (χ1) is 8.45. The molecule has 1 N–H and O–H groups in total. The molecular formula is C12H15ClF3NS. The zero-order chi connectivity index (χ0) is 13.2. The van der Waals surface area contributed by atoms with Crippen LogP contribution in [0.25, 0.3) is 0 Å². The minimum Gasteiger partial charge on any atom is -0.309 e. The zero-order valence-corrected chi connectivity index (χ0v) is 11.3. The number of rotatable bonds is 3. The van der Waals surface area contributed by atoms with Gasteiger partial charge in [0, 0.05) is 22.8 Å². The van der Waals surface area contributed by atoms with Crippen LogP contribution in [-0.4, -0.2) is 12.2 Å². The van der Waals surface area contributed by atoms with Gasteiger partial charge in [-0.25, -0.2) is 0 Å². The quantitative estimate of drug-likeness (QED) is 0.859. The average Bonchev–Trinajstić information content (AvgIpc) is 2.72. The molecule has 1 nitrogen and oxygen atoms in total. The number of nitrogens with one attached hydrogen (secondary N) is 1. The van der Waals surface area contributed by atoms with Crippen LogP contribution in [0.2, 0.25) is 5.02 Å². The second kappa shape index (κ2) is 5.80. The monoisotopic (exact) mass is 297 g/mol. The lowest BCUT2D eigenvalue weighted by Gasteiger charge is -2.31. The first kappa shape index (κ1) is 14.2. The molecule has 1 aliphatic carbocycles. The summed E-state index contributed by atoms with van der Waals surface area (Å²) in [5.41, 5.74) is 0. The van der Waals surface area contributed by atoms with Gasteiger partial charge in [-0.3, -0.25) is 0 Å². The molecule has 0 radical (unpaired) electrons. The average molecular weight is 298 g/mol. The van der Waals surface area contributed by atoms with E-state index in [1.54, 1.807) is 0 Å². The first-order valence-electron chi connectivity index (χ1n) is 5.98. The van der Waals surface area contributed by atoms with E-state index in [4.69, 9.17) is 11.6 Å². The van der Waals surface area contributed by atoms with E-state index in [2.05, 4.69) is 5.32 Å². The van der Waals surface area contributed by atoms with Gasteiger partial charge in [0.25, 0.3) is 0 Å². The molecule has 1 aromatic heterocycles. The number of alkyl halides is 3. The third-order valence-corrected chi connectivity index (χ3v) is 4.61. The number of thiophene rings is 1. The van der Waals surface area contributed by atoms with E-state index in [-0.39, 0.29) is 18.9 Å². The zero-order valence-electron chi connectivity index (χ0n) is 9.77. The number of halogens is 4. The van der Waals surface area contributed by atoms with Gasteiger partial charge >= 0.3 is 6.18 Å². The molecule has 0 aliphatic heterocycles. The lowest BCUT2D eigenvalue weighted by Crippen LogP contribution is -2.38. The van der Waals surface area contributed by atoms with E-state index in [9.17, 15) is 13.2 Å². The summed E-state index contributed by atoms with van der Waals surface area (Å²) in [6.07, 6.45) is -2.11. The van der Waals surface area contributed by atoms with Crippen molar-refractivity contribution in [3.05, 3.63) is 21.3 Å². The molecule has 1 heterocycles. The maximum absolute atomic E-state index is 12.6. The Kier molecular flexibility index (Phi) is 4.56. The molecule has 1 aliphatic rings. The summed E-state index contributed by atoms with van der Waals surface area (Å²) in [4.78, 5) is 1.06. The van der Waals surface area contributed by atoms with Gasteiger partial charge in [0.15, 0.2) is 0 Å². The molecule has 1 aromatic rings. The van der Waals surface area contributed by atoms with Crippen molar-refractivity contribution in [3.63, 3.8) is 0 Å². The van der Waals surface area contributed by atoms with Crippen molar-refractivity contribution in [1.29, 1.82) is 0 Å². The highest BCUT2D eigenvalue weighted by atomic mass is 35.5. The maximum atomic E-state index is 12.6. The molecule has 102 valence electrons. The second-order valence-corrected chi connectivity index (χ2v) is 6.15. The van der Waals surface area contributed by atoms with E-state index in [1.165, 1.54) is 11.3 Å². The lowest BCUT2D eigenvalue weighted by molar-refractivity contribution is -0.183. The molecule has 0 saturated heterocycles. The molecule has 2 atom stereocenters. The molecule has 0 amide bonds. The van der Waals surface area contributed by atoms with Gasteiger partial charge in [0.05, 0.1) is 10.9 Å². The summed E-state index contributed by atoms with van der Waals surface area (Å²) in [7, 11) is 0. The second-order valence-electron chi connectivity index (χ2n) is 4.71. The SMILES string of the molecule is FC(F)(F)C1CCCC(NCc2cc(Cl)cs2)C1. The Labute approximate surface area is 113 Å². The predicted octanol–water partition coefficient (Wildman–Crippen LogP) is 4.61. The highest BCUT2D eigenvalue weighted by molar-refractivity contribution is 7.10. The van der Waals surface area contributed by atoms with Crippen molar-refractivity contribution in [1.82, 2.24) is 5.32 Å². The van der Waals surface area contributed by atoms with Crippen LogP contribution in [0.3, 0.4) is 0 Å². The molecule has 6 heteroatoms. The van der Waals surface area contributed by atoms with Gasteiger partial charge < -0.3 is 5.32 Å². The smallest absolute Gasteiger partial charge is 0.309 e. The Morgan fingerprint density at radius 1 is 1.39 bits per heavy atom. The Balaban J connectivity index is 1.83. The van der Waals surface area contributed by atoms with Gasteiger partial charge in [-0.15, -0.1) is 11.3 Å². The summed E-state index contributed by atoms with van der Waals surface area (Å²) in [5, 5.41) is 5.72. The maximum Gasteiger partial charge on any atom is 0.391 e. The van der Waals surface area contributed by atoms with Crippen LogP contribution < -0.4 is 5.32 Å². The van der Waals surface area contributed by atoms with E-state index < -0.39 is 12.1 Å². The number of hydrogen-bond donors (Lipinski definition) is 1. The predicted molar refractivity (Wildman–Crippen MR) is 68.0 cm³/mol. The third kappa shape index (κ3) is 3.87. The van der Waals surface area contributed by atoms with Crippen LogP contribution >= 0.6 is 22.9 Å². The van der Waals surface area contributed by atoms with Crippen LogP contribution in [-0.2, 0) is 6.54 Å². The number of hydrogen-bond acceptors (Lipinski definition) is 2. The normalized spacial score (nSPS) is 25.3. The van der Waals surface area contributed by atoms with E-state index in [0.717, 1.165) is 11.3 Å². The Hall–Kier alpha value is -0.260. The van der Waals surface area contributed by atoms with Crippen molar-refractivity contribution in [2.24, 2.45) is 5.92 Å². The van der Waals surface area contributed by atoms with E-state index >= 15 is 0 Å². The van der Waals surface area contributed by atoms with Crippen LogP contribution in [0.5, 0.6) is 0 Å². The van der Waals surface area contributed by atoms with Crippen molar-refractivity contribution in [2.45, 2.75) is 44.4 Å². The topological polar surface area (TPSA) is 12.0 Å².